The lowest BCUT2D eigenvalue weighted by Crippen LogP contribution is -2.15. The molecule has 74 valence electrons. The molecule has 0 fully saturated rings. The zero-order valence-corrected chi connectivity index (χ0v) is 9.71. The standard InChI is InChI=1S/C10H9FINO/c1-6-13-5-10(14-6)7-2-3-8(11)9(12)4-7/h2-6,13H,1H3. The first-order valence-electron chi connectivity index (χ1n) is 4.25. The van der Waals surface area contributed by atoms with Gasteiger partial charge in [0.25, 0.3) is 0 Å². The van der Waals surface area contributed by atoms with Crippen molar-refractivity contribution in [1.29, 1.82) is 0 Å². The molecule has 0 bridgehead atoms. The fourth-order valence-corrected chi connectivity index (χ4v) is 1.77. The summed E-state index contributed by atoms with van der Waals surface area (Å²) in [5.74, 6) is 0.560. The van der Waals surface area contributed by atoms with E-state index in [0.29, 0.717) is 3.57 Å². The van der Waals surface area contributed by atoms with E-state index in [2.05, 4.69) is 5.32 Å². The normalized spacial score (nSPS) is 19.9. The van der Waals surface area contributed by atoms with E-state index in [1.807, 2.05) is 29.5 Å². The molecule has 1 aromatic rings. The molecule has 0 radical (unpaired) electrons. The van der Waals surface area contributed by atoms with Crippen LogP contribution in [-0.4, -0.2) is 6.23 Å². The minimum atomic E-state index is -0.200. The van der Waals surface area contributed by atoms with Gasteiger partial charge in [0.05, 0.1) is 0 Å². The average Bonchev–Trinajstić information content (AvgIpc) is 2.57. The lowest BCUT2D eigenvalue weighted by atomic mass is 10.2. The monoisotopic (exact) mass is 305 g/mol. The molecule has 0 saturated heterocycles. The summed E-state index contributed by atoms with van der Waals surface area (Å²) in [4.78, 5) is 0. The van der Waals surface area contributed by atoms with Gasteiger partial charge in [-0.05, 0) is 47.7 Å². The van der Waals surface area contributed by atoms with Crippen molar-refractivity contribution >= 4 is 28.4 Å². The van der Waals surface area contributed by atoms with Crippen molar-refractivity contribution in [3.63, 3.8) is 0 Å². The van der Waals surface area contributed by atoms with Crippen LogP contribution in [0.3, 0.4) is 0 Å². The number of hydrogen-bond acceptors (Lipinski definition) is 2. The summed E-state index contributed by atoms with van der Waals surface area (Å²) in [6.07, 6.45) is 1.79. The highest BCUT2D eigenvalue weighted by Crippen LogP contribution is 2.23. The predicted molar refractivity (Wildman–Crippen MR) is 60.8 cm³/mol. The highest BCUT2D eigenvalue weighted by atomic mass is 127. The maximum Gasteiger partial charge on any atom is 0.166 e. The fourth-order valence-electron chi connectivity index (χ4n) is 1.25. The van der Waals surface area contributed by atoms with Crippen molar-refractivity contribution < 1.29 is 9.13 Å². The predicted octanol–water partition coefficient (Wildman–Crippen LogP) is 2.69. The number of hydrogen-bond donors (Lipinski definition) is 1. The van der Waals surface area contributed by atoms with E-state index in [9.17, 15) is 4.39 Å². The molecule has 1 aliphatic rings. The Morgan fingerprint density at radius 2 is 2.29 bits per heavy atom. The molecule has 1 aromatic carbocycles. The third-order valence-electron chi connectivity index (χ3n) is 1.96. The van der Waals surface area contributed by atoms with Crippen LogP contribution in [0.25, 0.3) is 5.76 Å². The Labute approximate surface area is 95.3 Å². The van der Waals surface area contributed by atoms with Crippen LogP contribution in [0.4, 0.5) is 4.39 Å². The van der Waals surface area contributed by atoms with Gasteiger partial charge >= 0.3 is 0 Å². The molecule has 0 saturated carbocycles. The summed E-state index contributed by atoms with van der Waals surface area (Å²) < 4.78 is 19.0. The van der Waals surface area contributed by atoms with Crippen LogP contribution in [0, 0.1) is 9.39 Å². The van der Waals surface area contributed by atoms with Gasteiger partial charge < -0.3 is 10.1 Å². The molecule has 2 rings (SSSR count). The molecule has 1 atom stereocenters. The van der Waals surface area contributed by atoms with E-state index in [4.69, 9.17) is 4.74 Å². The average molecular weight is 305 g/mol. The van der Waals surface area contributed by atoms with Crippen molar-refractivity contribution in [2.24, 2.45) is 0 Å². The molecule has 0 amide bonds. The smallest absolute Gasteiger partial charge is 0.166 e. The van der Waals surface area contributed by atoms with Crippen LogP contribution >= 0.6 is 22.6 Å². The fraction of sp³-hybridized carbons (Fsp3) is 0.200. The van der Waals surface area contributed by atoms with Crippen LogP contribution < -0.4 is 5.32 Å². The van der Waals surface area contributed by atoms with Crippen molar-refractivity contribution in [1.82, 2.24) is 5.32 Å². The molecule has 0 spiro atoms. The van der Waals surface area contributed by atoms with E-state index in [0.717, 1.165) is 11.3 Å². The van der Waals surface area contributed by atoms with Gasteiger partial charge in [-0.15, -0.1) is 0 Å². The molecular weight excluding hydrogens is 296 g/mol. The maximum absolute atomic E-state index is 13.0. The van der Waals surface area contributed by atoms with Gasteiger partial charge in [-0.3, -0.25) is 0 Å². The number of halogens is 2. The molecule has 1 N–H and O–H groups in total. The molecule has 2 nitrogen and oxygen atoms in total. The van der Waals surface area contributed by atoms with Crippen molar-refractivity contribution in [3.8, 4) is 0 Å². The SMILES string of the molecule is CC1NC=C(c2ccc(F)c(I)c2)O1. The van der Waals surface area contributed by atoms with Crippen LogP contribution in [0.1, 0.15) is 12.5 Å². The van der Waals surface area contributed by atoms with Crippen LogP contribution in [0.5, 0.6) is 0 Å². The third-order valence-corrected chi connectivity index (χ3v) is 2.78. The second-order valence-electron chi connectivity index (χ2n) is 3.06. The maximum atomic E-state index is 13.0. The Morgan fingerprint density at radius 3 is 2.86 bits per heavy atom. The third kappa shape index (κ3) is 1.84. The minimum absolute atomic E-state index is 0.00675. The quantitative estimate of drug-likeness (QED) is 0.806. The number of ether oxygens (including phenoxy) is 1. The van der Waals surface area contributed by atoms with Gasteiger partial charge in [0.2, 0.25) is 0 Å². The van der Waals surface area contributed by atoms with Crippen LogP contribution in [0.2, 0.25) is 0 Å². The van der Waals surface area contributed by atoms with E-state index >= 15 is 0 Å². The van der Waals surface area contributed by atoms with Gasteiger partial charge in [-0.2, -0.15) is 0 Å². The molecule has 4 heteroatoms. The zero-order chi connectivity index (χ0) is 10.1. The summed E-state index contributed by atoms with van der Waals surface area (Å²) in [5.41, 5.74) is 0.896. The Morgan fingerprint density at radius 1 is 1.50 bits per heavy atom. The van der Waals surface area contributed by atoms with E-state index in [1.165, 1.54) is 6.07 Å². The Kier molecular flexibility index (Phi) is 2.62. The number of rotatable bonds is 1. The number of nitrogens with one attached hydrogen (secondary N) is 1. The first-order chi connectivity index (χ1) is 6.66. The summed E-state index contributed by atoms with van der Waals surface area (Å²) >= 11 is 1.96. The molecule has 1 heterocycles. The summed E-state index contributed by atoms with van der Waals surface area (Å²) in [5, 5.41) is 3.02. The largest absolute Gasteiger partial charge is 0.469 e. The molecule has 1 aliphatic heterocycles. The van der Waals surface area contributed by atoms with Gasteiger partial charge in [-0.1, -0.05) is 0 Å². The van der Waals surface area contributed by atoms with Gasteiger partial charge in [0.15, 0.2) is 6.23 Å². The number of benzene rings is 1. The van der Waals surface area contributed by atoms with Crippen molar-refractivity contribution in [3.05, 3.63) is 39.3 Å². The Hall–Kier alpha value is -0.780. The van der Waals surface area contributed by atoms with E-state index < -0.39 is 0 Å². The molecule has 14 heavy (non-hydrogen) atoms. The molecular formula is C10H9FINO. The van der Waals surface area contributed by atoms with E-state index in [-0.39, 0.29) is 12.0 Å². The van der Waals surface area contributed by atoms with Gasteiger partial charge in [0.1, 0.15) is 11.6 Å². The summed E-state index contributed by atoms with van der Waals surface area (Å²) in [7, 11) is 0. The minimum Gasteiger partial charge on any atom is -0.469 e. The van der Waals surface area contributed by atoms with Crippen molar-refractivity contribution in [2.75, 3.05) is 0 Å². The lowest BCUT2D eigenvalue weighted by molar-refractivity contribution is 0.191. The first-order valence-corrected chi connectivity index (χ1v) is 5.33. The summed E-state index contributed by atoms with van der Waals surface area (Å²) in [6, 6.07) is 4.93. The second kappa shape index (κ2) is 3.76. The van der Waals surface area contributed by atoms with Crippen LogP contribution in [0.15, 0.2) is 24.4 Å². The van der Waals surface area contributed by atoms with Crippen LogP contribution in [-0.2, 0) is 4.74 Å². The Balaban J connectivity index is 2.30. The Bertz CT molecular complexity index is 392. The molecule has 0 aromatic heterocycles. The topological polar surface area (TPSA) is 21.3 Å². The molecule has 1 unspecified atom stereocenters. The highest BCUT2D eigenvalue weighted by molar-refractivity contribution is 14.1. The van der Waals surface area contributed by atoms with Gasteiger partial charge in [-0.25, -0.2) is 4.39 Å². The zero-order valence-electron chi connectivity index (χ0n) is 7.55. The van der Waals surface area contributed by atoms with Crippen molar-refractivity contribution in [2.45, 2.75) is 13.2 Å². The lowest BCUT2D eigenvalue weighted by Gasteiger charge is -2.07. The summed E-state index contributed by atoms with van der Waals surface area (Å²) in [6.45, 7) is 1.91. The van der Waals surface area contributed by atoms with Gasteiger partial charge in [0, 0.05) is 15.3 Å². The second-order valence-corrected chi connectivity index (χ2v) is 4.23. The molecule has 0 aliphatic carbocycles. The van der Waals surface area contributed by atoms with E-state index in [1.54, 1.807) is 18.3 Å². The highest BCUT2D eigenvalue weighted by Gasteiger charge is 2.14. The first kappa shape index (κ1) is 9.76.